The summed E-state index contributed by atoms with van der Waals surface area (Å²) >= 11 is 0. The summed E-state index contributed by atoms with van der Waals surface area (Å²) in [6.07, 6.45) is 3.06. The highest BCUT2D eigenvalue weighted by Gasteiger charge is 2.52. The fourth-order valence-corrected chi connectivity index (χ4v) is 2.17. The van der Waals surface area contributed by atoms with Gasteiger partial charge in [-0.15, -0.1) is 0 Å². The van der Waals surface area contributed by atoms with Crippen LogP contribution in [0.25, 0.3) is 0 Å². The molecule has 1 N–H and O–H groups in total. The third-order valence-corrected chi connectivity index (χ3v) is 3.95. The molecule has 0 aliphatic heterocycles. The molecule has 1 aliphatic rings. The van der Waals surface area contributed by atoms with E-state index in [9.17, 15) is 4.79 Å². The summed E-state index contributed by atoms with van der Waals surface area (Å²) in [5, 5.41) is 3.34. The predicted molar refractivity (Wildman–Crippen MR) is 76.1 cm³/mol. The van der Waals surface area contributed by atoms with E-state index in [1.54, 1.807) is 0 Å². The molecule has 1 atom stereocenters. The summed E-state index contributed by atoms with van der Waals surface area (Å²) in [6, 6.07) is 0. The Balaban J connectivity index is 2.80. The molecule has 0 saturated heterocycles. The average molecular weight is 271 g/mol. The van der Waals surface area contributed by atoms with Crippen molar-refractivity contribution >= 4 is 5.97 Å². The summed E-state index contributed by atoms with van der Waals surface area (Å²) in [7, 11) is 0. The molecule has 1 aliphatic carbocycles. The molecular weight excluding hydrogens is 242 g/mol. The first-order chi connectivity index (χ1) is 8.91. The molecule has 0 spiro atoms. The van der Waals surface area contributed by atoms with E-state index in [0.29, 0.717) is 19.1 Å². The molecule has 19 heavy (non-hydrogen) atoms. The van der Waals surface area contributed by atoms with Crippen LogP contribution in [0.5, 0.6) is 0 Å². The van der Waals surface area contributed by atoms with Crippen LogP contribution in [0.3, 0.4) is 0 Å². The predicted octanol–water partition coefficient (Wildman–Crippen LogP) is 2.51. The Morgan fingerprint density at radius 2 is 1.89 bits per heavy atom. The Hall–Kier alpha value is -0.610. The van der Waals surface area contributed by atoms with Gasteiger partial charge in [0.25, 0.3) is 0 Å². The molecule has 0 bridgehead atoms. The van der Waals surface area contributed by atoms with Crippen LogP contribution in [-0.2, 0) is 14.3 Å². The zero-order chi connectivity index (χ0) is 14.5. The molecule has 0 amide bonds. The Morgan fingerprint density at radius 3 is 2.32 bits per heavy atom. The lowest BCUT2D eigenvalue weighted by Crippen LogP contribution is -2.59. The van der Waals surface area contributed by atoms with E-state index in [1.165, 1.54) is 0 Å². The quantitative estimate of drug-likeness (QED) is 0.655. The molecular formula is C15H29NO3. The van der Waals surface area contributed by atoms with Crippen LogP contribution in [0.1, 0.15) is 53.9 Å². The van der Waals surface area contributed by atoms with E-state index < -0.39 is 5.54 Å². The fraction of sp³-hybridized carbons (Fsp3) is 0.933. The van der Waals surface area contributed by atoms with Crippen LogP contribution >= 0.6 is 0 Å². The van der Waals surface area contributed by atoms with E-state index in [1.807, 2.05) is 13.8 Å². The maximum Gasteiger partial charge on any atom is 0.329 e. The summed E-state index contributed by atoms with van der Waals surface area (Å²) in [5.74, 6) is 0.186. The first-order valence-corrected chi connectivity index (χ1v) is 7.48. The van der Waals surface area contributed by atoms with E-state index in [2.05, 4.69) is 26.1 Å². The molecule has 0 aromatic heterocycles. The molecule has 112 valence electrons. The zero-order valence-electron chi connectivity index (χ0n) is 13.0. The van der Waals surface area contributed by atoms with E-state index in [-0.39, 0.29) is 11.6 Å². The van der Waals surface area contributed by atoms with Crippen molar-refractivity contribution in [1.29, 1.82) is 0 Å². The van der Waals surface area contributed by atoms with Crippen molar-refractivity contribution in [3.8, 4) is 0 Å². The number of carbonyl (C=O) groups is 1. The topological polar surface area (TPSA) is 47.6 Å². The van der Waals surface area contributed by atoms with Gasteiger partial charge < -0.3 is 9.47 Å². The number of hydrogen-bond donors (Lipinski definition) is 1. The summed E-state index contributed by atoms with van der Waals surface area (Å²) in [5.41, 5.74) is -0.862. The van der Waals surface area contributed by atoms with E-state index in [0.717, 1.165) is 25.8 Å². The summed E-state index contributed by atoms with van der Waals surface area (Å²) < 4.78 is 11.3. The maximum absolute atomic E-state index is 12.4. The second-order valence-electron chi connectivity index (χ2n) is 5.90. The third kappa shape index (κ3) is 4.18. The smallest absolute Gasteiger partial charge is 0.329 e. The lowest BCUT2D eigenvalue weighted by molar-refractivity contribution is -0.159. The molecule has 1 rings (SSSR count). The van der Waals surface area contributed by atoms with Gasteiger partial charge in [-0.05, 0) is 52.5 Å². The van der Waals surface area contributed by atoms with Crippen molar-refractivity contribution in [3.63, 3.8) is 0 Å². The number of likely N-dealkylation sites (N-methyl/N-ethyl adjacent to an activating group) is 1. The zero-order valence-corrected chi connectivity index (χ0v) is 13.0. The minimum absolute atomic E-state index is 0.161. The van der Waals surface area contributed by atoms with Gasteiger partial charge in [-0.2, -0.15) is 0 Å². The molecule has 0 aromatic rings. The van der Waals surface area contributed by atoms with Crippen LogP contribution in [0.15, 0.2) is 0 Å². The molecule has 4 nitrogen and oxygen atoms in total. The molecule has 1 saturated carbocycles. The van der Waals surface area contributed by atoms with Crippen LogP contribution in [0, 0.1) is 5.92 Å². The van der Waals surface area contributed by atoms with Gasteiger partial charge in [-0.25, -0.2) is 4.79 Å². The van der Waals surface area contributed by atoms with Gasteiger partial charge in [-0.3, -0.25) is 5.32 Å². The number of ether oxygens (including phenoxy) is 2. The van der Waals surface area contributed by atoms with Crippen LogP contribution in [-0.4, -0.2) is 36.9 Å². The van der Waals surface area contributed by atoms with Gasteiger partial charge >= 0.3 is 5.97 Å². The summed E-state index contributed by atoms with van der Waals surface area (Å²) in [6.45, 7) is 11.6. The minimum atomic E-state index is -0.656. The largest absolute Gasteiger partial charge is 0.465 e. The minimum Gasteiger partial charge on any atom is -0.465 e. The molecule has 0 heterocycles. The standard InChI is InChI=1S/C15H29NO3/c1-6-14(4,5)19-11-15(16-7-2,12-9-10-12)13(17)18-8-3/h12,16H,6-11H2,1-5H3. The normalized spacial score (nSPS) is 19.0. The average Bonchev–Trinajstić information content (AvgIpc) is 3.19. The van der Waals surface area contributed by atoms with Crippen molar-refractivity contribution < 1.29 is 14.3 Å². The van der Waals surface area contributed by atoms with E-state index >= 15 is 0 Å². The number of nitrogens with one attached hydrogen (secondary N) is 1. The number of rotatable bonds is 9. The summed E-state index contributed by atoms with van der Waals surface area (Å²) in [4.78, 5) is 12.4. The van der Waals surface area contributed by atoms with Gasteiger partial charge in [-0.1, -0.05) is 13.8 Å². The Kier molecular flexibility index (Phi) is 5.81. The highest BCUT2D eigenvalue weighted by molar-refractivity contribution is 5.82. The number of carbonyl (C=O) groups excluding carboxylic acids is 1. The molecule has 1 fully saturated rings. The van der Waals surface area contributed by atoms with Crippen LogP contribution in [0.2, 0.25) is 0 Å². The van der Waals surface area contributed by atoms with E-state index in [4.69, 9.17) is 9.47 Å². The molecule has 0 radical (unpaired) electrons. The van der Waals surface area contributed by atoms with Gasteiger partial charge in [0.15, 0.2) is 0 Å². The Bertz CT molecular complexity index is 300. The SMILES string of the molecule is CCNC(COC(C)(C)CC)(C(=O)OCC)C1CC1. The Morgan fingerprint density at radius 1 is 1.26 bits per heavy atom. The highest BCUT2D eigenvalue weighted by Crippen LogP contribution is 2.41. The molecule has 1 unspecified atom stereocenters. The number of esters is 1. The van der Waals surface area contributed by atoms with Crippen LogP contribution in [0.4, 0.5) is 0 Å². The maximum atomic E-state index is 12.4. The molecule has 0 aromatic carbocycles. The Labute approximate surface area is 117 Å². The van der Waals surface area contributed by atoms with Crippen LogP contribution < -0.4 is 5.32 Å². The van der Waals surface area contributed by atoms with Crippen molar-refractivity contribution in [1.82, 2.24) is 5.32 Å². The third-order valence-electron chi connectivity index (χ3n) is 3.95. The highest BCUT2D eigenvalue weighted by atomic mass is 16.5. The fourth-order valence-electron chi connectivity index (χ4n) is 2.17. The first kappa shape index (κ1) is 16.4. The van der Waals surface area contributed by atoms with Gasteiger partial charge in [0, 0.05) is 0 Å². The lowest BCUT2D eigenvalue weighted by atomic mass is 9.93. The van der Waals surface area contributed by atoms with Gasteiger partial charge in [0.2, 0.25) is 0 Å². The first-order valence-electron chi connectivity index (χ1n) is 7.48. The lowest BCUT2D eigenvalue weighted by Gasteiger charge is -2.35. The second kappa shape index (κ2) is 6.71. The van der Waals surface area contributed by atoms with Gasteiger partial charge in [0.1, 0.15) is 5.54 Å². The van der Waals surface area contributed by atoms with Crippen molar-refractivity contribution in [2.24, 2.45) is 5.92 Å². The second-order valence-corrected chi connectivity index (χ2v) is 5.90. The van der Waals surface area contributed by atoms with Crippen molar-refractivity contribution in [2.75, 3.05) is 19.8 Å². The molecule has 4 heteroatoms. The van der Waals surface area contributed by atoms with Crippen molar-refractivity contribution in [3.05, 3.63) is 0 Å². The van der Waals surface area contributed by atoms with Gasteiger partial charge in [0.05, 0.1) is 18.8 Å². The number of hydrogen-bond acceptors (Lipinski definition) is 4. The van der Waals surface area contributed by atoms with Crippen molar-refractivity contribution in [2.45, 2.75) is 65.0 Å². The monoisotopic (exact) mass is 271 g/mol.